The van der Waals surface area contributed by atoms with E-state index < -0.39 is 0 Å². The Hall–Kier alpha value is -1.55. The highest BCUT2D eigenvalue weighted by atomic mass is 127. The number of nitrogens with one attached hydrogen (secondary N) is 3. The Labute approximate surface area is 197 Å². The minimum atomic E-state index is -0.172. The smallest absolute Gasteiger partial charge is 0.287 e. The van der Waals surface area contributed by atoms with Crippen LogP contribution in [-0.2, 0) is 5.41 Å². The number of nitrogens with zero attached hydrogens (tertiary/aromatic N) is 1. The fourth-order valence-corrected chi connectivity index (χ4v) is 3.95. The lowest BCUT2D eigenvalue weighted by molar-refractivity contribution is 0.0925. The van der Waals surface area contributed by atoms with Gasteiger partial charge < -0.3 is 20.4 Å². The van der Waals surface area contributed by atoms with Crippen molar-refractivity contribution < 1.29 is 9.21 Å². The van der Waals surface area contributed by atoms with Crippen molar-refractivity contribution in [3.05, 3.63) is 58.0 Å². The second-order valence-corrected chi connectivity index (χ2v) is 8.01. The third-order valence-electron chi connectivity index (χ3n) is 5.12. The van der Waals surface area contributed by atoms with Gasteiger partial charge in [0.25, 0.3) is 5.91 Å². The Morgan fingerprint density at radius 2 is 1.90 bits per heavy atom. The normalized spacial score (nSPS) is 14.7. The number of carbonyl (C=O) groups is 1. The van der Waals surface area contributed by atoms with Crippen LogP contribution in [0.4, 0.5) is 0 Å². The number of hydrogen-bond donors (Lipinski definition) is 3. The third-order valence-corrected chi connectivity index (χ3v) is 5.81. The average Bonchev–Trinajstić information content (AvgIpc) is 3.36. The van der Waals surface area contributed by atoms with Crippen LogP contribution < -0.4 is 16.0 Å². The Bertz CT molecular complexity index is 849. The molecule has 3 N–H and O–H groups in total. The zero-order valence-electron chi connectivity index (χ0n) is 16.8. The molecule has 0 spiro atoms. The molecule has 1 amide bonds. The largest absolute Gasteiger partial charge is 0.459 e. The first-order valence-electron chi connectivity index (χ1n) is 9.57. The molecule has 6 nitrogen and oxygen atoms in total. The highest BCUT2D eigenvalue weighted by Gasteiger charge is 2.45. The lowest BCUT2D eigenvalue weighted by Crippen LogP contribution is -2.42. The monoisotopic (exact) mass is 574 g/mol. The molecule has 1 fully saturated rings. The van der Waals surface area contributed by atoms with Crippen LogP contribution in [0, 0.1) is 6.92 Å². The Balaban J connectivity index is 0.00000300. The number of guanidine groups is 1. The van der Waals surface area contributed by atoms with E-state index in [2.05, 4.69) is 55.1 Å². The fraction of sp³-hybridized carbons (Fsp3) is 0.429. The Morgan fingerprint density at radius 3 is 2.52 bits per heavy atom. The molecule has 0 saturated heterocycles. The van der Waals surface area contributed by atoms with Crippen LogP contribution in [-0.4, -0.2) is 38.5 Å². The first kappa shape index (κ1) is 23.7. The summed E-state index contributed by atoms with van der Waals surface area (Å²) in [4.78, 5) is 16.3. The van der Waals surface area contributed by atoms with Gasteiger partial charge in [-0.05, 0) is 43.9 Å². The molecule has 3 rings (SSSR count). The summed E-state index contributed by atoms with van der Waals surface area (Å²) < 4.78 is 6.36. The standard InChI is InChI=1S/C21H27BrN4O2.HI/c1-15-8-13-28-18(15)19(27)24-11-5-12-25-20(23-2)26-14-21(9-10-21)16-6-3-4-7-17(16)22;/h3-4,6-8,13H,5,9-12,14H2,1-2H3,(H,24,27)(H2,23,25,26);1H. The van der Waals surface area contributed by atoms with Crippen LogP contribution in [0.5, 0.6) is 0 Å². The lowest BCUT2D eigenvalue weighted by Gasteiger charge is -2.20. The maximum Gasteiger partial charge on any atom is 0.287 e. The minimum Gasteiger partial charge on any atom is -0.459 e. The summed E-state index contributed by atoms with van der Waals surface area (Å²) in [7, 11) is 1.77. The van der Waals surface area contributed by atoms with E-state index in [1.807, 2.05) is 13.0 Å². The summed E-state index contributed by atoms with van der Waals surface area (Å²) in [5.74, 6) is 0.993. The topological polar surface area (TPSA) is 78.7 Å². The van der Waals surface area contributed by atoms with E-state index in [-0.39, 0.29) is 35.3 Å². The highest BCUT2D eigenvalue weighted by Crippen LogP contribution is 2.49. The lowest BCUT2D eigenvalue weighted by atomic mass is 9.96. The molecule has 8 heteroatoms. The molecule has 0 unspecified atom stereocenters. The number of carbonyl (C=O) groups excluding carboxylic acids is 1. The molecule has 2 aromatic rings. The Kier molecular flexibility index (Phi) is 9.01. The van der Waals surface area contributed by atoms with Crippen molar-refractivity contribution in [2.24, 2.45) is 4.99 Å². The molecule has 1 saturated carbocycles. The number of aliphatic imine (C=N–C) groups is 1. The summed E-state index contributed by atoms with van der Waals surface area (Å²) in [6, 6.07) is 10.2. The second-order valence-electron chi connectivity index (χ2n) is 7.15. The van der Waals surface area contributed by atoms with Gasteiger partial charge in [0.1, 0.15) is 0 Å². The average molecular weight is 575 g/mol. The van der Waals surface area contributed by atoms with E-state index in [1.165, 1.54) is 29.1 Å². The molecular weight excluding hydrogens is 547 g/mol. The fourth-order valence-electron chi connectivity index (χ4n) is 3.24. The van der Waals surface area contributed by atoms with Gasteiger partial charge in [-0.2, -0.15) is 0 Å². The van der Waals surface area contributed by atoms with Gasteiger partial charge in [0.15, 0.2) is 11.7 Å². The minimum absolute atomic E-state index is 0. The van der Waals surface area contributed by atoms with Crippen LogP contribution >= 0.6 is 39.9 Å². The maximum absolute atomic E-state index is 12.0. The summed E-state index contributed by atoms with van der Waals surface area (Å²) in [5.41, 5.74) is 2.39. The SMILES string of the molecule is CN=C(NCCCNC(=O)c1occc1C)NCC1(c2ccccc2Br)CC1.I. The zero-order valence-corrected chi connectivity index (χ0v) is 20.7. The van der Waals surface area contributed by atoms with Crippen LogP contribution in [0.1, 0.15) is 40.9 Å². The first-order valence-corrected chi connectivity index (χ1v) is 10.4. The van der Waals surface area contributed by atoms with E-state index in [0.717, 1.165) is 31.0 Å². The predicted molar refractivity (Wildman–Crippen MR) is 130 cm³/mol. The van der Waals surface area contributed by atoms with E-state index in [4.69, 9.17) is 4.42 Å². The summed E-state index contributed by atoms with van der Waals surface area (Å²) in [6.07, 6.45) is 4.68. The molecule has 1 aromatic heterocycles. The van der Waals surface area contributed by atoms with Gasteiger partial charge >= 0.3 is 0 Å². The van der Waals surface area contributed by atoms with Gasteiger partial charge in [0.05, 0.1) is 6.26 Å². The van der Waals surface area contributed by atoms with E-state index in [9.17, 15) is 4.79 Å². The van der Waals surface area contributed by atoms with Gasteiger partial charge in [0.2, 0.25) is 0 Å². The molecule has 0 radical (unpaired) electrons. The summed E-state index contributed by atoms with van der Waals surface area (Å²) in [6.45, 7) is 4.00. The van der Waals surface area contributed by atoms with E-state index >= 15 is 0 Å². The second kappa shape index (κ2) is 11.0. The van der Waals surface area contributed by atoms with Gasteiger partial charge in [-0.25, -0.2) is 0 Å². The van der Waals surface area contributed by atoms with Gasteiger partial charge in [-0.15, -0.1) is 24.0 Å². The zero-order chi connectivity index (χ0) is 20.0. The molecule has 1 aliphatic carbocycles. The number of hydrogen-bond acceptors (Lipinski definition) is 3. The van der Waals surface area contributed by atoms with Crippen molar-refractivity contribution in [2.45, 2.75) is 31.6 Å². The predicted octanol–water partition coefficient (Wildman–Crippen LogP) is 3.99. The van der Waals surface area contributed by atoms with Crippen LogP contribution in [0.25, 0.3) is 0 Å². The molecule has 0 bridgehead atoms. The highest BCUT2D eigenvalue weighted by molar-refractivity contribution is 14.0. The van der Waals surface area contributed by atoms with Gasteiger partial charge in [-0.3, -0.25) is 9.79 Å². The number of rotatable bonds is 8. The van der Waals surface area contributed by atoms with Gasteiger partial charge in [0, 0.05) is 42.1 Å². The molecular formula is C21H28BrIN4O2. The molecule has 1 aromatic carbocycles. The molecule has 29 heavy (non-hydrogen) atoms. The number of amides is 1. The van der Waals surface area contributed by atoms with Crippen molar-refractivity contribution in [1.82, 2.24) is 16.0 Å². The molecule has 1 aliphatic rings. The molecule has 158 valence electrons. The maximum atomic E-state index is 12.0. The van der Waals surface area contributed by atoms with Crippen molar-refractivity contribution in [3.63, 3.8) is 0 Å². The summed E-state index contributed by atoms with van der Waals surface area (Å²) >= 11 is 3.67. The van der Waals surface area contributed by atoms with Crippen LogP contribution in [0.2, 0.25) is 0 Å². The first-order chi connectivity index (χ1) is 13.6. The van der Waals surface area contributed by atoms with Crippen LogP contribution in [0.15, 0.2) is 50.5 Å². The number of halogens is 2. The number of furan rings is 1. The number of aryl methyl sites for hydroxylation is 1. The Morgan fingerprint density at radius 1 is 1.17 bits per heavy atom. The van der Waals surface area contributed by atoms with E-state index in [1.54, 1.807) is 13.1 Å². The van der Waals surface area contributed by atoms with Crippen molar-refractivity contribution >= 4 is 51.8 Å². The van der Waals surface area contributed by atoms with Crippen molar-refractivity contribution in [3.8, 4) is 0 Å². The van der Waals surface area contributed by atoms with Crippen molar-refractivity contribution in [1.29, 1.82) is 0 Å². The van der Waals surface area contributed by atoms with Gasteiger partial charge in [-0.1, -0.05) is 34.1 Å². The van der Waals surface area contributed by atoms with Crippen molar-refractivity contribution in [2.75, 3.05) is 26.7 Å². The third kappa shape index (κ3) is 6.21. The summed E-state index contributed by atoms with van der Waals surface area (Å²) in [5, 5.41) is 9.62. The number of benzene rings is 1. The molecule has 0 aliphatic heterocycles. The van der Waals surface area contributed by atoms with E-state index in [0.29, 0.717) is 12.3 Å². The van der Waals surface area contributed by atoms with Crippen LogP contribution in [0.3, 0.4) is 0 Å². The molecule has 1 heterocycles. The molecule has 0 atom stereocenters. The quantitative estimate of drug-likeness (QED) is 0.193.